The van der Waals surface area contributed by atoms with Gasteiger partial charge in [0.25, 0.3) is 0 Å². The largest absolute Gasteiger partial charge is 0.380 e. The van der Waals surface area contributed by atoms with E-state index >= 15 is 0 Å². The molecule has 2 rings (SSSR count). The van der Waals surface area contributed by atoms with Crippen molar-refractivity contribution in [1.29, 1.82) is 0 Å². The van der Waals surface area contributed by atoms with E-state index in [1.807, 2.05) is 30.5 Å². The lowest BCUT2D eigenvalue weighted by atomic mass is 10.2. The molecule has 0 aliphatic heterocycles. The van der Waals surface area contributed by atoms with Crippen molar-refractivity contribution in [1.82, 2.24) is 0 Å². The van der Waals surface area contributed by atoms with Gasteiger partial charge in [-0.2, -0.15) is 0 Å². The summed E-state index contributed by atoms with van der Waals surface area (Å²) in [5.41, 5.74) is 1.18. The fraction of sp³-hybridized carbons (Fsp3) is 0.231. The third kappa shape index (κ3) is 3.23. The summed E-state index contributed by atoms with van der Waals surface area (Å²) in [6, 6.07) is 9.22. The molecule has 0 saturated heterocycles. The van der Waals surface area contributed by atoms with Crippen LogP contribution in [0.4, 0.5) is 17.1 Å². The van der Waals surface area contributed by atoms with Crippen molar-refractivity contribution in [3.8, 4) is 0 Å². The molecule has 5 nitrogen and oxygen atoms in total. The number of nitro groups is 1. The van der Waals surface area contributed by atoms with E-state index in [4.69, 9.17) is 0 Å². The second-order valence-corrected chi connectivity index (χ2v) is 4.95. The Hall–Kier alpha value is -2.08. The highest BCUT2D eigenvalue weighted by atomic mass is 32.1. The van der Waals surface area contributed by atoms with E-state index in [9.17, 15) is 10.1 Å². The number of hydrogen-bond acceptors (Lipinski definition) is 5. The first-order chi connectivity index (χ1) is 9.22. The van der Waals surface area contributed by atoms with E-state index in [0.717, 1.165) is 4.88 Å². The molecular weight excluding hydrogens is 262 g/mol. The lowest BCUT2D eigenvalue weighted by Crippen LogP contribution is -2.05. The molecule has 0 unspecified atom stereocenters. The molecule has 1 heterocycles. The summed E-state index contributed by atoms with van der Waals surface area (Å²) < 4.78 is 0. The van der Waals surface area contributed by atoms with Crippen LogP contribution < -0.4 is 10.6 Å². The van der Waals surface area contributed by atoms with Gasteiger partial charge in [-0.3, -0.25) is 10.1 Å². The number of thiophene rings is 1. The zero-order chi connectivity index (χ0) is 13.7. The van der Waals surface area contributed by atoms with Crippen LogP contribution in [0.2, 0.25) is 0 Å². The van der Waals surface area contributed by atoms with Crippen molar-refractivity contribution in [3.05, 3.63) is 50.7 Å². The third-order valence-corrected chi connectivity index (χ3v) is 3.50. The molecule has 0 saturated carbocycles. The Morgan fingerprint density at radius 3 is 2.53 bits per heavy atom. The highest BCUT2D eigenvalue weighted by Gasteiger charge is 2.18. The minimum Gasteiger partial charge on any atom is -0.380 e. The average molecular weight is 277 g/mol. The van der Waals surface area contributed by atoms with Gasteiger partial charge in [0.15, 0.2) is 0 Å². The number of hydrogen-bond donors (Lipinski definition) is 2. The van der Waals surface area contributed by atoms with Gasteiger partial charge >= 0.3 is 5.69 Å². The highest BCUT2D eigenvalue weighted by molar-refractivity contribution is 7.09. The van der Waals surface area contributed by atoms with E-state index in [-0.39, 0.29) is 10.6 Å². The van der Waals surface area contributed by atoms with Gasteiger partial charge in [-0.05, 0) is 30.5 Å². The first kappa shape index (κ1) is 13.4. The average Bonchev–Trinajstić information content (AvgIpc) is 2.89. The topological polar surface area (TPSA) is 67.2 Å². The standard InChI is InChI=1S/C13H15N3O2S/c1-2-14-11-6-3-7-12(13(11)16(17)18)15-9-10-5-4-8-19-10/h3-8,14-15H,2,9H2,1H3. The van der Waals surface area contributed by atoms with E-state index in [1.54, 1.807) is 23.5 Å². The van der Waals surface area contributed by atoms with Crippen molar-refractivity contribution in [2.45, 2.75) is 13.5 Å². The van der Waals surface area contributed by atoms with Crippen molar-refractivity contribution in [2.75, 3.05) is 17.2 Å². The molecule has 0 aliphatic carbocycles. The summed E-state index contributed by atoms with van der Waals surface area (Å²) >= 11 is 1.62. The zero-order valence-electron chi connectivity index (χ0n) is 10.6. The normalized spacial score (nSPS) is 10.2. The first-order valence-electron chi connectivity index (χ1n) is 6.00. The molecule has 0 atom stereocenters. The van der Waals surface area contributed by atoms with E-state index < -0.39 is 0 Å². The van der Waals surface area contributed by atoms with E-state index in [0.29, 0.717) is 24.5 Å². The molecule has 2 N–H and O–H groups in total. The summed E-state index contributed by atoms with van der Waals surface area (Å²) in [6.07, 6.45) is 0. The van der Waals surface area contributed by atoms with Gasteiger partial charge in [0.05, 0.1) is 4.92 Å². The summed E-state index contributed by atoms with van der Waals surface area (Å²) in [4.78, 5) is 12.0. The van der Waals surface area contributed by atoms with Gasteiger partial charge in [-0.1, -0.05) is 12.1 Å². The lowest BCUT2D eigenvalue weighted by Gasteiger charge is -2.10. The first-order valence-corrected chi connectivity index (χ1v) is 6.88. The summed E-state index contributed by atoms with van der Waals surface area (Å²) in [7, 11) is 0. The summed E-state index contributed by atoms with van der Waals surface area (Å²) in [5, 5.41) is 19.3. The number of nitro benzene ring substituents is 1. The smallest absolute Gasteiger partial charge is 0.315 e. The van der Waals surface area contributed by atoms with Gasteiger partial charge in [0, 0.05) is 18.0 Å². The van der Waals surface area contributed by atoms with Gasteiger partial charge in [0.2, 0.25) is 0 Å². The van der Waals surface area contributed by atoms with Crippen molar-refractivity contribution >= 4 is 28.4 Å². The molecule has 1 aromatic carbocycles. The molecule has 100 valence electrons. The predicted octanol–water partition coefficient (Wildman–Crippen LogP) is 3.70. The van der Waals surface area contributed by atoms with Crippen LogP contribution in [0, 0.1) is 10.1 Å². The van der Waals surface area contributed by atoms with E-state index in [2.05, 4.69) is 10.6 Å². The van der Waals surface area contributed by atoms with Crippen LogP contribution in [0.5, 0.6) is 0 Å². The van der Waals surface area contributed by atoms with Crippen LogP contribution in [0.15, 0.2) is 35.7 Å². The Kier molecular flexibility index (Phi) is 4.35. The molecule has 6 heteroatoms. The highest BCUT2D eigenvalue weighted by Crippen LogP contribution is 2.33. The van der Waals surface area contributed by atoms with Crippen LogP contribution in [-0.4, -0.2) is 11.5 Å². The maximum atomic E-state index is 11.2. The summed E-state index contributed by atoms with van der Waals surface area (Å²) in [6.45, 7) is 3.15. The minimum absolute atomic E-state index is 0.0981. The number of nitrogens with one attached hydrogen (secondary N) is 2. The maximum absolute atomic E-state index is 11.2. The Morgan fingerprint density at radius 2 is 1.95 bits per heavy atom. The molecule has 2 aromatic rings. The van der Waals surface area contributed by atoms with Crippen LogP contribution in [0.1, 0.15) is 11.8 Å². The second-order valence-electron chi connectivity index (χ2n) is 3.92. The Labute approximate surface area is 115 Å². The quantitative estimate of drug-likeness (QED) is 0.624. The molecular formula is C13H15N3O2S. The molecule has 0 aliphatic rings. The van der Waals surface area contributed by atoms with Crippen molar-refractivity contribution in [2.24, 2.45) is 0 Å². The Morgan fingerprint density at radius 1 is 1.21 bits per heavy atom. The van der Waals surface area contributed by atoms with Gasteiger partial charge in [-0.15, -0.1) is 11.3 Å². The Bertz CT molecular complexity index is 555. The predicted molar refractivity (Wildman–Crippen MR) is 78.9 cm³/mol. The molecule has 1 aromatic heterocycles. The molecule has 0 bridgehead atoms. The van der Waals surface area contributed by atoms with Crippen LogP contribution in [0.25, 0.3) is 0 Å². The molecule has 0 radical (unpaired) electrons. The fourth-order valence-corrected chi connectivity index (χ4v) is 2.46. The summed E-state index contributed by atoms with van der Waals surface area (Å²) in [5.74, 6) is 0. The molecule has 19 heavy (non-hydrogen) atoms. The maximum Gasteiger partial charge on any atom is 0.315 e. The van der Waals surface area contributed by atoms with Crippen LogP contribution >= 0.6 is 11.3 Å². The Balaban J connectivity index is 2.23. The van der Waals surface area contributed by atoms with E-state index in [1.165, 1.54) is 0 Å². The molecule has 0 fully saturated rings. The monoisotopic (exact) mass is 277 g/mol. The number of benzene rings is 1. The van der Waals surface area contributed by atoms with Gasteiger partial charge < -0.3 is 10.6 Å². The van der Waals surface area contributed by atoms with Gasteiger partial charge in [-0.25, -0.2) is 0 Å². The fourth-order valence-electron chi connectivity index (χ4n) is 1.81. The lowest BCUT2D eigenvalue weighted by molar-refractivity contribution is -0.383. The molecule has 0 spiro atoms. The number of anilines is 2. The zero-order valence-corrected chi connectivity index (χ0v) is 11.4. The second kappa shape index (κ2) is 6.19. The SMILES string of the molecule is CCNc1cccc(NCc2cccs2)c1[N+](=O)[O-]. The minimum atomic E-state index is -0.352. The number of para-hydroxylation sites is 1. The number of rotatable bonds is 6. The van der Waals surface area contributed by atoms with Gasteiger partial charge in [0.1, 0.15) is 11.4 Å². The molecule has 0 amide bonds. The van der Waals surface area contributed by atoms with Crippen molar-refractivity contribution < 1.29 is 4.92 Å². The van der Waals surface area contributed by atoms with Crippen LogP contribution in [0.3, 0.4) is 0 Å². The third-order valence-electron chi connectivity index (χ3n) is 2.62. The van der Waals surface area contributed by atoms with Crippen LogP contribution in [-0.2, 0) is 6.54 Å². The van der Waals surface area contributed by atoms with Crippen molar-refractivity contribution in [3.63, 3.8) is 0 Å². The number of nitrogens with zero attached hydrogens (tertiary/aromatic N) is 1.